The number of anilines is 2. The molecule has 15 heavy (non-hydrogen) atoms. The molecular formula is C11H18N4. The first-order chi connectivity index (χ1) is 7.22. The van der Waals surface area contributed by atoms with E-state index >= 15 is 0 Å². The maximum Gasteiger partial charge on any atom is 0.224 e. The van der Waals surface area contributed by atoms with Gasteiger partial charge in [0.25, 0.3) is 0 Å². The van der Waals surface area contributed by atoms with Crippen LogP contribution in [0.2, 0.25) is 0 Å². The predicted octanol–water partition coefficient (Wildman–Crippen LogP) is 2.26. The minimum Gasteiger partial charge on any atom is -0.365 e. The lowest BCUT2D eigenvalue weighted by molar-refractivity contribution is 0.306. The number of nitrogens with one attached hydrogen (secondary N) is 2. The van der Waals surface area contributed by atoms with Gasteiger partial charge in [-0.15, -0.1) is 0 Å². The number of hydrogen-bond donors (Lipinski definition) is 2. The van der Waals surface area contributed by atoms with E-state index in [-0.39, 0.29) is 5.54 Å². The molecule has 1 aromatic rings. The van der Waals surface area contributed by atoms with Gasteiger partial charge in [0.1, 0.15) is 5.82 Å². The Kier molecular flexibility index (Phi) is 2.75. The molecule has 4 nitrogen and oxygen atoms in total. The Balaban J connectivity index is 2.04. The lowest BCUT2D eigenvalue weighted by Crippen LogP contribution is -2.41. The summed E-state index contributed by atoms with van der Waals surface area (Å²) in [5.74, 6) is 1.62. The van der Waals surface area contributed by atoms with Crippen molar-refractivity contribution >= 4 is 11.8 Å². The zero-order valence-electron chi connectivity index (χ0n) is 9.38. The number of aromatic nitrogens is 2. The third-order valence-corrected chi connectivity index (χ3v) is 2.88. The Morgan fingerprint density at radius 2 is 2.27 bits per heavy atom. The lowest BCUT2D eigenvalue weighted by Gasteiger charge is -2.39. The van der Waals surface area contributed by atoms with Crippen molar-refractivity contribution in [2.75, 3.05) is 17.2 Å². The fourth-order valence-corrected chi connectivity index (χ4v) is 1.81. The summed E-state index contributed by atoms with van der Waals surface area (Å²) >= 11 is 0. The molecule has 1 saturated carbocycles. The monoisotopic (exact) mass is 206 g/mol. The van der Waals surface area contributed by atoms with Crippen LogP contribution in [-0.4, -0.2) is 22.1 Å². The van der Waals surface area contributed by atoms with Gasteiger partial charge >= 0.3 is 0 Å². The molecule has 0 unspecified atom stereocenters. The zero-order valence-corrected chi connectivity index (χ0v) is 9.38. The normalized spacial score (nSPS) is 18.0. The maximum absolute atomic E-state index is 4.40. The molecule has 0 bridgehead atoms. The number of nitrogens with zero attached hydrogens (tertiary/aromatic N) is 2. The van der Waals surface area contributed by atoms with Crippen LogP contribution < -0.4 is 10.6 Å². The van der Waals surface area contributed by atoms with E-state index in [2.05, 4.69) is 27.5 Å². The molecule has 0 aliphatic heterocycles. The molecule has 2 rings (SSSR count). The first-order valence-corrected chi connectivity index (χ1v) is 5.57. The molecule has 1 aliphatic carbocycles. The van der Waals surface area contributed by atoms with Gasteiger partial charge in [-0.3, -0.25) is 0 Å². The van der Waals surface area contributed by atoms with E-state index in [9.17, 15) is 0 Å². The summed E-state index contributed by atoms with van der Waals surface area (Å²) in [4.78, 5) is 8.54. The van der Waals surface area contributed by atoms with Crippen molar-refractivity contribution in [3.05, 3.63) is 12.3 Å². The summed E-state index contributed by atoms with van der Waals surface area (Å²) in [7, 11) is 0. The molecule has 2 N–H and O–H groups in total. The molecule has 0 saturated heterocycles. The van der Waals surface area contributed by atoms with E-state index < -0.39 is 0 Å². The topological polar surface area (TPSA) is 49.8 Å². The van der Waals surface area contributed by atoms with Gasteiger partial charge in [-0.25, -0.2) is 4.98 Å². The summed E-state index contributed by atoms with van der Waals surface area (Å²) in [5, 5.41) is 6.57. The van der Waals surface area contributed by atoms with Crippen LogP contribution in [0, 0.1) is 0 Å². The van der Waals surface area contributed by atoms with E-state index in [0.29, 0.717) is 5.95 Å². The highest BCUT2D eigenvalue weighted by Crippen LogP contribution is 2.34. The molecule has 1 fully saturated rings. The fraction of sp³-hybridized carbons (Fsp3) is 0.636. The molecule has 0 spiro atoms. The van der Waals surface area contributed by atoms with Gasteiger partial charge in [-0.05, 0) is 39.2 Å². The molecule has 0 radical (unpaired) electrons. The SMILES string of the molecule is CCNc1nccc(NC2(C)CCC2)n1. The van der Waals surface area contributed by atoms with Crippen LogP contribution in [0.1, 0.15) is 33.1 Å². The van der Waals surface area contributed by atoms with Gasteiger partial charge in [-0.1, -0.05) is 0 Å². The highest BCUT2D eigenvalue weighted by molar-refractivity contribution is 5.42. The van der Waals surface area contributed by atoms with Gasteiger partial charge < -0.3 is 10.6 Å². The van der Waals surface area contributed by atoms with Crippen LogP contribution in [0.4, 0.5) is 11.8 Å². The third-order valence-electron chi connectivity index (χ3n) is 2.88. The van der Waals surface area contributed by atoms with Crippen molar-refractivity contribution < 1.29 is 0 Å². The Morgan fingerprint density at radius 3 is 2.87 bits per heavy atom. The minimum atomic E-state index is 0.248. The van der Waals surface area contributed by atoms with Gasteiger partial charge in [0.15, 0.2) is 0 Å². The Hall–Kier alpha value is -1.32. The van der Waals surface area contributed by atoms with Crippen LogP contribution in [0.25, 0.3) is 0 Å². The van der Waals surface area contributed by atoms with E-state index in [4.69, 9.17) is 0 Å². The first kappa shape index (κ1) is 10.2. The van der Waals surface area contributed by atoms with Gasteiger partial charge in [-0.2, -0.15) is 4.98 Å². The zero-order chi connectivity index (χ0) is 10.7. The molecule has 0 aromatic carbocycles. The van der Waals surface area contributed by atoms with Crippen LogP contribution in [0.5, 0.6) is 0 Å². The van der Waals surface area contributed by atoms with E-state index in [0.717, 1.165) is 12.4 Å². The quantitative estimate of drug-likeness (QED) is 0.793. The highest BCUT2D eigenvalue weighted by Gasteiger charge is 2.31. The molecular weight excluding hydrogens is 188 g/mol. The van der Waals surface area contributed by atoms with Crippen molar-refractivity contribution in [3.8, 4) is 0 Å². The second-order valence-corrected chi connectivity index (χ2v) is 4.34. The summed E-state index contributed by atoms with van der Waals surface area (Å²) in [6.07, 6.45) is 5.56. The summed E-state index contributed by atoms with van der Waals surface area (Å²) in [6.45, 7) is 5.13. The molecule has 4 heteroatoms. The Morgan fingerprint density at radius 1 is 1.47 bits per heavy atom. The predicted molar refractivity (Wildman–Crippen MR) is 62.1 cm³/mol. The second kappa shape index (κ2) is 4.04. The maximum atomic E-state index is 4.40. The molecule has 0 atom stereocenters. The van der Waals surface area contributed by atoms with Crippen molar-refractivity contribution in [3.63, 3.8) is 0 Å². The van der Waals surface area contributed by atoms with E-state index in [1.54, 1.807) is 6.20 Å². The van der Waals surface area contributed by atoms with Crippen LogP contribution >= 0.6 is 0 Å². The van der Waals surface area contributed by atoms with E-state index in [1.807, 2.05) is 13.0 Å². The molecule has 1 heterocycles. The second-order valence-electron chi connectivity index (χ2n) is 4.34. The molecule has 0 amide bonds. The summed E-state index contributed by atoms with van der Waals surface area (Å²) < 4.78 is 0. The van der Waals surface area contributed by atoms with Crippen LogP contribution in [-0.2, 0) is 0 Å². The van der Waals surface area contributed by atoms with Gasteiger partial charge in [0.05, 0.1) is 0 Å². The lowest BCUT2D eigenvalue weighted by atomic mass is 9.78. The number of rotatable bonds is 4. The van der Waals surface area contributed by atoms with Crippen molar-refractivity contribution in [2.24, 2.45) is 0 Å². The first-order valence-electron chi connectivity index (χ1n) is 5.57. The average Bonchev–Trinajstić information content (AvgIpc) is 2.16. The van der Waals surface area contributed by atoms with Crippen molar-refractivity contribution in [1.82, 2.24) is 9.97 Å². The minimum absolute atomic E-state index is 0.248. The highest BCUT2D eigenvalue weighted by atomic mass is 15.2. The molecule has 1 aliphatic rings. The fourth-order valence-electron chi connectivity index (χ4n) is 1.81. The number of hydrogen-bond acceptors (Lipinski definition) is 4. The van der Waals surface area contributed by atoms with Gasteiger partial charge in [0.2, 0.25) is 5.95 Å². The average molecular weight is 206 g/mol. The smallest absolute Gasteiger partial charge is 0.224 e. The van der Waals surface area contributed by atoms with Crippen LogP contribution in [0.3, 0.4) is 0 Å². The molecule has 1 aromatic heterocycles. The largest absolute Gasteiger partial charge is 0.365 e. The molecule has 82 valence electrons. The van der Waals surface area contributed by atoms with Gasteiger partial charge in [0, 0.05) is 18.3 Å². The van der Waals surface area contributed by atoms with Crippen molar-refractivity contribution in [1.29, 1.82) is 0 Å². The van der Waals surface area contributed by atoms with Crippen LogP contribution in [0.15, 0.2) is 12.3 Å². The summed E-state index contributed by atoms with van der Waals surface area (Å²) in [6, 6.07) is 1.92. The Labute approximate surface area is 90.5 Å². The standard InChI is InChI=1S/C11H18N4/c1-3-12-10-13-8-5-9(14-10)15-11(2)6-4-7-11/h5,8H,3-4,6-7H2,1-2H3,(H2,12,13,14,15). The third kappa shape index (κ3) is 2.37. The van der Waals surface area contributed by atoms with Crippen molar-refractivity contribution in [2.45, 2.75) is 38.6 Å². The van der Waals surface area contributed by atoms with E-state index in [1.165, 1.54) is 19.3 Å². The summed E-state index contributed by atoms with van der Waals surface area (Å²) in [5.41, 5.74) is 0.248. The Bertz CT molecular complexity index is 333.